The lowest BCUT2D eigenvalue weighted by Crippen LogP contribution is -2.38. The molecule has 0 saturated carbocycles. The van der Waals surface area contributed by atoms with Gasteiger partial charge in [0.15, 0.2) is 28.6 Å². The van der Waals surface area contributed by atoms with Crippen LogP contribution in [0.25, 0.3) is 64.0 Å². The first kappa shape index (κ1) is 86.8. The normalized spacial score (nSPS) is 12.7. The first-order valence-corrected chi connectivity index (χ1v) is 42.3. The van der Waals surface area contributed by atoms with Crippen molar-refractivity contribution in [3.63, 3.8) is 0 Å². The van der Waals surface area contributed by atoms with Gasteiger partial charge in [-0.3, -0.25) is 5.10 Å². The molecule has 2 aliphatic rings. The minimum atomic E-state index is -0.216. The fraction of sp³-hybridized carbons (Fsp3) is 0.424. The summed E-state index contributed by atoms with van der Waals surface area (Å²) in [6.45, 7) is 50.1. The largest absolute Gasteiger partial charge is 0.486 e. The summed E-state index contributed by atoms with van der Waals surface area (Å²) < 4.78 is 45.6. The van der Waals surface area contributed by atoms with Gasteiger partial charge in [0.1, 0.15) is 48.1 Å². The topological polar surface area (TPSA) is 131 Å². The summed E-state index contributed by atoms with van der Waals surface area (Å²) in [6.07, 6.45) is 14.6. The quantitative estimate of drug-likeness (QED) is 0.0998. The number of furan rings is 2. The van der Waals surface area contributed by atoms with Crippen LogP contribution in [0, 0.1) is 75.0 Å². The summed E-state index contributed by atoms with van der Waals surface area (Å²) in [4.78, 5) is 1.40. The molecular weight excluding hydrogens is 1420 g/mol. The van der Waals surface area contributed by atoms with E-state index < -0.39 is 0 Å². The van der Waals surface area contributed by atoms with Crippen LogP contribution in [0.15, 0.2) is 190 Å². The highest BCUT2D eigenvalue weighted by molar-refractivity contribution is 7.19. The van der Waals surface area contributed by atoms with E-state index >= 15 is 0 Å². The molecule has 0 radical (unpaired) electrons. The van der Waals surface area contributed by atoms with Crippen molar-refractivity contribution in [3.8, 4) is 23.0 Å². The second-order valence-electron chi connectivity index (χ2n) is 34.5. The second kappa shape index (κ2) is 41.6. The Kier molecular flexibility index (Phi) is 32.2. The summed E-state index contributed by atoms with van der Waals surface area (Å²) in [6, 6.07) is 56.0. The number of H-pyrrole nitrogens is 1. The first-order valence-electron chi connectivity index (χ1n) is 40.7. The Bertz CT molecular complexity index is 4930. The molecule has 1 N–H and O–H groups in total. The van der Waals surface area contributed by atoms with Crippen LogP contribution in [0.2, 0.25) is 0 Å². The number of thiophene rings is 1. The van der Waals surface area contributed by atoms with E-state index in [0.29, 0.717) is 55.3 Å². The van der Waals surface area contributed by atoms with Gasteiger partial charge in [-0.25, -0.2) is 0 Å². The lowest BCUT2D eigenvalue weighted by molar-refractivity contribution is 0.0212. The van der Waals surface area contributed by atoms with Crippen molar-refractivity contribution in [2.45, 2.75) is 209 Å². The molecule has 0 spiro atoms. The van der Waals surface area contributed by atoms with E-state index in [0.717, 1.165) is 119 Å². The molecule has 596 valence electrons. The van der Waals surface area contributed by atoms with Gasteiger partial charge in [0.2, 0.25) is 0 Å². The van der Waals surface area contributed by atoms with Crippen molar-refractivity contribution in [1.82, 2.24) is 19.7 Å². The number of aryl methyl sites for hydroxylation is 4. The Hall–Kier alpha value is -9.17. The van der Waals surface area contributed by atoms with E-state index in [4.69, 9.17) is 32.3 Å². The summed E-state index contributed by atoms with van der Waals surface area (Å²) >= 11 is 3.44. The zero-order chi connectivity index (χ0) is 80.8. The van der Waals surface area contributed by atoms with E-state index in [-0.39, 0.29) is 5.60 Å². The first-order chi connectivity index (χ1) is 53.3. The standard InChI is InChI=1S/C14H20O2.C14H18O.C13H16O.C13H16S.C12H16O2.C11H14N2.C11H13NO.C11H13NS/c1-10(2)7-11-5-6-12-13(8-11)15-9-14(3,4)16-12;1-9(2)7-12-5-6-14-13(8-12)10(3)11(4)15-14;2*1-9(2)6-11-4-5-13-12(8-11)7-10(3)14-13;1-9(2)7-10-3-4-11-12(8-10)14-6-5-13-11;1-8(2)5-9-3-4-10-7-12-13-11(10)6-9;2*1-8(2)5-9-3-4-11-10(6-9)7-12-13-11/h5-6,8,10H,7,9H2,1-4H3;5-6,8-9H,7H2,1-4H3;2*4-5,7-9H,6H2,1-3H3;3-4,8-9H,5-7H2,1-2H3;3-4,6-8H,5H2,1-2H3,(H,12,13);2*3-4,6-8H,5H2,1-2H3. The van der Waals surface area contributed by atoms with Gasteiger partial charge in [0, 0.05) is 42.7 Å². The minimum absolute atomic E-state index is 0.216. The number of hydrogen-bond acceptors (Lipinski definition) is 12. The Morgan fingerprint density at radius 3 is 1.42 bits per heavy atom. The molecule has 11 nitrogen and oxygen atoms in total. The van der Waals surface area contributed by atoms with Gasteiger partial charge in [-0.1, -0.05) is 177 Å². The van der Waals surface area contributed by atoms with Crippen LogP contribution < -0.4 is 18.9 Å². The predicted molar refractivity (Wildman–Crippen MR) is 475 cm³/mol. The van der Waals surface area contributed by atoms with Crippen LogP contribution in [-0.2, 0) is 51.4 Å². The van der Waals surface area contributed by atoms with Crippen LogP contribution >= 0.6 is 22.9 Å². The van der Waals surface area contributed by atoms with Crippen molar-refractivity contribution in [2.75, 3.05) is 19.8 Å². The molecule has 0 fully saturated rings. The SMILES string of the molecule is CC(C)Cc1ccc2c(c1)OCC(C)(C)O2.CC(C)Cc1ccc2c(c1)OCCO2.CC(C)Cc1ccc2cn[nH]c2c1.CC(C)Cc1ccc2oncc2c1.CC(C)Cc1ccc2sncc2c1.Cc1cc2cc(CC(C)C)ccc2o1.Cc1cc2cc(CC(C)C)ccc2s1.Cc1oc2ccc(CC(C)C)cc2c1C. The van der Waals surface area contributed by atoms with Crippen LogP contribution in [0.5, 0.6) is 23.0 Å². The maximum Gasteiger partial charge on any atom is 0.166 e. The molecule has 6 aromatic heterocycles. The van der Waals surface area contributed by atoms with Crippen molar-refractivity contribution in [2.24, 2.45) is 47.3 Å². The number of ether oxygens (including phenoxy) is 4. The van der Waals surface area contributed by atoms with E-state index in [2.05, 4.69) is 284 Å². The maximum atomic E-state index is 5.85. The van der Waals surface area contributed by atoms with Gasteiger partial charge >= 0.3 is 0 Å². The molecule has 0 unspecified atom stereocenters. The average Bonchev–Trinajstić information content (AvgIpc) is 1.74. The van der Waals surface area contributed by atoms with Gasteiger partial charge in [-0.2, -0.15) is 9.47 Å². The Balaban J connectivity index is 0.000000147. The highest BCUT2D eigenvalue weighted by Gasteiger charge is 2.28. The summed E-state index contributed by atoms with van der Waals surface area (Å²) in [5.41, 5.74) is 16.1. The predicted octanol–water partition coefficient (Wildman–Crippen LogP) is 28.0. The third-order valence-corrected chi connectivity index (χ3v) is 20.5. The molecular formula is C99H126N4O7S2. The Labute approximate surface area is 676 Å². The van der Waals surface area contributed by atoms with Crippen LogP contribution in [0.1, 0.15) is 191 Å². The van der Waals surface area contributed by atoms with Gasteiger partial charge in [-0.15, -0.1) is 11.3 Å². The average molecular weight is 1550 g/mol. The van der Waals surface area contributed by atoms with Gasteiger partial charge < -0.3 is 32.3 Å². The fourth-order valence-corrected chi connectivity index (χ4v) is 15.4. The van der Waals surface area contributed by atoms with E-state index in [1.54, 1.807) is 17.7 Å². The lowest BCUT2D eigenvalue weighted by atomic mass is 10.0. The van der Waals surface area contributed by atoms with Crippen LogP contribution in [0.4, 0.5) is 0 Å². The van der Waals surface area contributed by atoms with Crippen molar-refractivity contribution >= 4 is 86.9 Å². The number of nitrogens with one attached hydrogen (secondary N) is 1. The Morgan fingerprint density at radius 1 is 0.384 bits per heavy atom. The molecule has 16 rings (SSSR count). The van der Waals surface area contributed by atoms with Gasteiger partial charge in [0.25, 0.3) is 0 Å². The van der Waals surface area contributed by atoms with Crippen LogP contribution in [-0.4, -0.2) is 45.1 Å². The molecule has 0 aliphatic carbocycles. The van der Waals surface area contributed by atoms with Gasteiger partial charge in [0.05, 0.1) is 22.6 Å². The molecule has 112 heavy (non-hydrogen) atoms. The number of aromatic nitrogens is 4. The van der Waals surface area contributed by atoms with Crippen LogP contribution in [0.3, 0.4) is 0 Å². The molecule has 0 saturated heterocycles. The van der Waals surface area contributed by atoms with Crippen molar-refractivity contribution < 1.29 is 32.3 Å². The number of fused-ring (bicyclic) bond motifs is 8. The van der Waals surface area contributed by atoms with E-state index in [1.165, 1.54) is 97.7 Å². The van der Waals surface area contributed by atoms with Gasteiger partial charge in [-0.05, 0) is 304 Å². The molecule has 0 atom stereocenters. The summed E-state index contributed by atoms with van der Waals surface area (Å²) in [5.74, 6) is 11.2. The fourth-order valence-electron chi connectivity index (χ4n) is 13.9. The number of aromatic amines is 1. The van der Waals surface area contributed by atoms with E-state index in [1.807, 2.05) is 69.6 Å². The highest BCUT2D eigenvalue weighted by atomic mass is 32.1. The number of nitrogens with zero attached hydrogens (tertiary/aromatic N) is 3. The summed E-state index contributed by atoms with van der Waals surface area (Å²) in [5, 5.41) is 18.2. The second-order valence-corrected chi connectivity index (χ2v) is 36.6. The molecule has 14 aromatic rings. The van der Waals surface area contributed by atoms with E-state index in [9.17, 15) is 0 Å². The zero-order valence-electron chi connectivity index (χ0n) is 71.2. The van der Waals surface area contributed by atoms with Crippen molar-refractivity contribution in [3.05, 3.63) is 243 Å². The molecule has 0 bridgehead atoms. The third-order valence-electron chi connectivity index (χ3n) is 18.7. The number of hydrogen-bond donors (Lipinski definition) is 1. The lowest BCUT2D eigenvalue weighted by Gasteiger charge is -2.32. The zero-order valence-corrected chi connectivity index (χ0v) is 72.8. The minimum Gasteiger partial charge on any atom is -0.486 e. The highest BCUT2D eigenvalue weighted by Crippen LogP contribution is 2.37. The monoisotopic (exact) mass is 1550 g/mol. The third kappa shape index (κ3) is 27.6. The molecule has 13 heteroatoms. The molecule has 8 heterocycles. The van der Waals surface area contributed by atoms with Crippen molar-refractivity contribution in [1.29, 1.82) is 0 Å². The molecule has 2 aliphatic heterocycles. The Morgan fingerprint density at radius 2 is 0.839 bits per heavy atom. The number of rotatable bonds is 16. The molecule has 8 aromatic carbocycles. The molecule has 0 amide bonds. The smallest absolute Gasteiger partial charge is 0.166 e. The number of benzene rings is 8. The summed E-state index contributed by atoms with van der Waals surface area (Å²) in [7, 11) is 0. The maximum absolute atomic E-state index is 5.85.